The summed E-state index contributed by atoms with van der Waals surface area (Å²) in [4.78, 5) is 22.3. The van der Waals surface area contributed by atoms with Gasteiger partial charge in [0.15, 0.2) is 0 Å². The molecule has 1 aromatic carbocycles. The second-order valence-corrected chi connectivity index (χ2v) is 3.95. The number of carbonyl (C=O) groups excluding carboxylic acids is 2. The van der Waals surface area contributed by atoms with Gasteiger partial charge in [0.25, 0.3) is 0 Å². The van der Waals surface area contributed by atoms with Crippen LogP contribution in [-0.4, -0.2) is 11.8 Å². The number of hydrogen-bond acceptors (Lipinski definition) is 2. The van der Waals surface area contributed by atoms with Gasteiger partial charge in [-0.2, -0.15) is 0 Å². The second-order valence-electron chi connectivity index (χ2n) is 3.54. The Hall–Kier alpha value is -1.55. The number of amides is 2. The van der Waals surface area contributed by atoms with E-state index in [0.717, 1.165) is 0 Å². The number of carbonyl (C=O) groups is 2. The predicted octanol–water partition coefficient (Wildman–Crippen LogP) is 1.79. The quantitative estimate of drug-likeness (QED) is 0.842. The Balaban J connectivity index is 2.64. The Morgan fingerprint density at radius 2 is 2.06 bits per heavy atom. The van der Waals surface area contributed by atoms with E-state index in [9.17, 15) is 9.59 Å². The summed E-state index contributed by atoms with van der Waals surface area (Å²) in [5, 5.41) is 3.10. The first-order valence-corrected chi connectivity index (χ1v) is 5.22. The minimum atomic E-state index is -0.498. The van der Waals surface area contributed by atoms with Gasteiger partial charge in [-0.05, 0) is 12.1 Å². The van der Waals surface area contributed by atoms with Gasteiger partial charge in [-0.25, -0.2) is 0 Å². The Morgan fingerprint density at radius 1 is 1.44 bits per heavy atom. The van der Waals surface area contributed by atoms with Gasteiger partial charge in [-0.3, -0.25) is 9.59 Å². The summed E-state index contributed by atoms with van der Waals surface area (Å²) >= 11 is 5.87. The van der Waals surface area contributed by atoms with E-state index in [2.05, 4.69) is 5.32 Å². The molecule has 0 heterocycles. The number of nitrogens with two attached hydrogens (primary N) is 1. The van der Waals surface area contributed by atoms with Gasteiger partial charge in [-0.1, -0.05) is 30.7 Å². The topological polar surface area (TPSA) is 72.2 Å². The van der Waals surface area contributed by atoms with E-state index in [4.69, 9.17) is 17.3 Å². The number of anilines is 1. The molecule has 1 atom stereocenters. The zero-order chi connectivity index (χ0) is 12.1. The number of hydrogen-bond donors (Lipinski definition) is 2. The van der Waals surface area contributed by atoms with Crippen molar-refractivity contribution in [2.75, 3.05) is 5.32 Å². The Morgan fingerprint density at radius 3 is 2.62 bits per heavy atom. The van der Waals surface area contributed by atoms with Gasteiger partial charge in [0, 0.05) is 12.3 Å². The Bertz CT molecular complexity index is 407. The van der Waals surface area contributed by atoms with Crippen LogP contribution in [-0.2, 0) is 9.59 Å². The molecular formula is C11H13ClN2O2. The third kappa shape index (κ3) is 3.55. The Kier molecular flexibility index (Phi) is 4.31. The van der Waals surface area contributed by atoms with Gasteiger partial charge in [0.05, 0.1) is 10.7 Å². The minimum absolute atomic E-state index is 0.0241. The van der Waals surface area contributed by atoms with Crippen molar-refractivity contribution in [2.45, 2.75) is 13.3 Å². The third-order valence-electron chi connectivity index (χ3n) is 2.09. The van der Waals surface area contributed by atoms with E-state index < -0.39 is 11.8 Å². The maximum absolute atomic E-state index is 11.6. The first kappa shape index (κ1) is 12.5. The highest BCUT2D eigenvalue weighted by Gasteiger charge is 2.16. The Labute approximate surface area is 98.8 Å². The molecule has 0 fully saturated rings. The van der Waals surface area contributed by atoms with Gasteiger partial charge >= 0.3 is 0 Å². The average molecular weight is 241 g/mol. The van der Waals surface area contributed by atoms with Gasteiger partial charge < -0.3 is 11.1 Å². The van der Waals surface area contributed by atoms with Crippen LogP contribution in [0.4, 0.5) is 5.69 Å². The monoisotopic (exact) mass is 240 g/mol. The highest BCUT2D eigenvalue weighted by molar-refractivity contribution is 6.33. The summed E-state index contributed by atoms with van der Waals surface area (Å²) in [6.07, 6.45) is 0.0241. The minimum Gasteiger partial charge on any atom is -0.370 e. The molecule has 0 spiro atoms. The maximum atomic E-state index is 11.6. The number of halogens is 1. The number of primary amides is 1. The molecule has 0 saturated carbocycles. The molecule has 2 amide bonds. The van der Waals surface area contributed by atoms with Crippen LogP contribution in [0.2, 0.25) is 5.02 Å². The van der Waals surface area contributed by atoms with E-state index in [1.54, 1.807) is 31.2 Å². The van der Waals surface area contributed by atoms with E-state index in [1.165, 1.54) is 0 Å². The molecule has 1 aromatic rings. The van der Waals surface area contributed by atoms with Crippen LogP contribution < -0.4 is 11.1 Å². The molecule has 5 heteroatoms. The number of rotatable bonds is 4. The molecule has 0 aliphatic rings. The highest BCUT2D eigenvalue weighted by atomic mass is 35.5. The first-order chi connectivity index (χ1) is 7.50. The van der Waals surface area contributed by atoms with E-state index in [1.807, 2.05) is 0 Å². The van der Waals surface area contributed by atoms with Crippen LogP contribution in [0.5, 0.6) is 0 Å². The molecule has 4 nitrogen and oxygen atoms in total. The third-order valence-corrected chi connectivity index (χ3v) is 2.42. The predicted molar refractivity (Wildman–Crippen MR) is 63.1 cm³/mol. The molecule has 0 saturated heterocycles. The smallest absolute Gasteiger partial charge is 0.227 e. The molecular weight excluding hydrogens is 228 g/mol. The SMILES string of the molecule is CC(CC(N)=O)C(=O)Nc1ccccc1Cl. The lowest BCUT2D eigenvalue weighted by Gasteiger charge is -2.11. The fourth-order valence-electron chi connectivity index (χ4n) is 1.21. The molecule has 0 radical (unpaired) electrons. The lowest BCUT2D eigenvalue weighted by molar-refractivity contribution is -0.125. The van der Waals surface area contributed by atoms with Gasteiger partial charge in [-0.15, -0.1) is 0 Å². The van der Waals surface area contributed by atoms with Crippen molar-refractivity contribution >= 4 is 29.1 Å². The second kappa shape index (κ2) is 5.51. The number of nitrogens with one attached hydrogen (secondary N) is 1. The zero-order valence-corrected chi connectivity index (χ0v) is 9.62. The molecule has 1 rings (SSSR count). The number of benzene rings is 1. The van der Waals surface area contributed by atoms with Gasteiger partial charge in [0.2, 0.25) is 11.8 Å². The van der Waals surface area contributed by atoms with Crippen molar-refractivity contribution in [3.63, 3.8) is 0 Å². The standard InChI is InChI=1S/C11H13ClN2O2/c1-7(6-10(13)15)11(16)14-9-5-3-2-4-8(9)12/h2-5,7H,6H2,1H3,(H2,13,15)(H,14,16). The summed E-state index contributed by atoms with van der Waals surface area (Å²) < 4.78 is 0. The average Bonchev–Trinajstić information content (AvgIpc) is 2.20. The van der Waals surface area contributed by atoms with Crippen LogP contribution in [0.15, 0.2) is 24.3 Å². The fourth-order valence-corrected chi connectivity index (χ4v) is 1.40. The summed E-state index contributed by atoms with van der Waals surface area (Å²) in [6, 6.07) is 6.90. The van der Waals surface area contributed by atoms with Crippen LogP contribution in [0.3, 0.4) is 0 Å². The number of para-hydroxylation sites is 1. The molecule has 0 aromatic heterocycles. The van der Waals surface area contributed by atoms with E-state index >= 15 is 0 Å². The molecule has 86 valence electrons. The van der Waals surface area contributed by atoms with Crippen LogP contribution in [0.25, 0.3) is 0 Å². The van der Waals surface area contributed by atoms with Crippen LogP contribution in [0, 0.1) is 5.92 Å². The molecule has 0 aliphatic heterocycles. The maximum Gasteiger partial charge on any atom is 0.227 e. The van der Waals surface area contributed by atoms with Crippen LogP contribution in [0.1, 0.15) is 13.3 Å². The summed E-state index contributed by atoms with van der Waals surface area (Å²) in [5.41, 5.74) is 5.54. The summed E-state index contributed by atoms with van der Waals surface area (Å²) in [7, 11) is 0. The van der Waals surface area contributed by atoms with E-state index in [0.29, 0.717) is 10.7 Å². The zero-order valence-electron chi connectivity index (χ0n) is 8.87. The molecule has 1 unspecified atom stereocenters. The van der Waals surface area contributed by atoms with Crippen molar-refractivity contribution in [3.8, 4) is 0 Å². The van der Waals surface area contributed by atoms with E-state index in [-0.39, 0.29) is 12.3 Å². The van der Waals surface area contributed by atoms with Crippen molar-refractivity contribution in [1.82, 2.24) is 0 Å². The van der Waals surface area contributed by atoms with Crippen molar-refractivity contribution < 1.29 is 9.59 Å². The van der Waals surface area contributed by atoms with Crippen molar-refractivity contribution in [2.24, 2.45) is 11.7 Å². The van der Waals surface area contributed by atoms with Crippen LogP contribution >= 0.6 is 11.6 Å². The molecule has 16 heavy (non-hydrogen) atoms. The fraction of sp³-hybridized carbons (Fsp3) is 0.273. The molecule has 0 bridgehead atoms. The van der Waals surface area contributed by atoms with Gasteiger partial charge in [0.1, 0.15) is 0 Å². The van der Waals surface area contributed by atoms with Crippen molar-refractivity contribution in [3.05, 3.63) is 29.3 Å². The summed E-state index contributed by atoms with van der Waals surface area (Å²) in [5.74, 6) is -1.23. The summed E-state index contributed by atoms with van der Waals surface area (Å²) in [6.45, 7) is 1.64. The highest BCUT2D eigenvalue weighted by Crippen LogP contribution is 2.21. The largest absolute Gasteiger partial charge is 0.370 e. The lowest BCUT2D eigenvalue weighted by Crippen LogP contribution is -2.25. The lowest BCUT2D eigenvalue weighted by atomic mass is 10.1. The molecule has 0 aliphatic carbocycles. The molecule has 3 N–H and O–H groups in total. The van der Waals surface area contributed by atoms with Crippen molar-refractivity contribution in [1.29, 1.82) is 0 Å². The first-order valence-electron chi connectivity index (χ1n) is 4.84. The normalized spacial score (nSPS) is 11.9.